The maximum atomic E-state index is 11.3. The Hall–Kier alpha value is -2.76. The number of anilines is 3. The van der Waals surface area contributed by atoms with Crippen LogP contribution < -0.4 is 15.4 Å². The molecule has 6 heteroatoms. The first-order chi connectivity index (χ1) is 10.2. The topological polar surface area (TPSA) is 72.5 Å². The molecule has 1 aromatic heterocycles. The standard InChI is InChI=1S/C15H17N3O3/c1-3-21-15(19)18-12-6-9-14(16-10-12)17-11-4-7-13(20-2)8-5-11/h4-10H,3H2,1-2H3,(H,16,17)(H,18,19). The van der Waals surface area contributed by atoms with Crippen LogP contribution in [0, 0.1) is 0 Å². The van der Waals surface area contributed by atoms with E-state index in [1.54, 1.807) is 32.4 Å². The van der Waals surface area contributed by atoms with E-state index in [4.69, 9.17) is 9.47 Å². The van der Waals surface area contributed by atoms with Crippen LogP contribution in [0.1, 0.15) is 6.92 Å². The van der Waals surface area contributed by atoms with E-state index in [0.29, 0.717) is 18.1 Å². The predicted octanol–water partition coefficient (Wildman–Crippen LogP) is 3.40. The zero-order valence-electron chi connectivity index (χ0n) is 11.9. The fraction of sp³-hybridized carbons (Fsp3) is 0.200. The van der Waals surface area contributed by atoms with Gasteiger partial charge >= 0.3 is 6.09 Å². The molecule has 21 heavy (non-hydrogen) atoms. The van der Waals surface area contributed by atoms with Gasteiger partial charge in [-0.25, -0.2) is 9.78 Å². The number of nitrogens with zero attached hydrogens (tertiary/aromatic N) is 1. The first kappa shape index (κ1) is 14.6. The molecule has 0 bridgehead atoms. The second-order valence-electron chi connectivity index (χ2n) is 4.13. The molecule has 1 amide bonds. The number of carbonyl (C=O) groups excluding carboxylic acids is 1. The van der Waals surface area contributed by atoms with Crippen molar-refractivity contribution in [3.63, 3.8) is 0 Å². The van der Waals surface area contributed by atoms with Crippen molar-refractivity contribution in [2.24, 2.45) is 0 Å². The van der Waals surface area contributed by atoms with E-state index < -0.39 is 6.09 Å². The molecule has 2 N–H and O–H groups in total. The quantitative estimate of drug-likeness (QED) is 0.881. The van der Waals surface area contributed by atoms with Crippen LogP contribution in [0.25, 0.3) is 0 Å². The van der Waals surface area contributed by atoms with Gasteiger partial charge in [-0.05, 0) is 43.3 Å². The molecule has 6 nitrogen and oxygen atoms in total. The summed E-state index contributed by atoms with van der Waals surface area (Å²) in [5.74, 6) is 1.47. The van der Waals surface area contributed by atoms with Gasteiger partial charge < -0.3 is 14.8 Å². The average Bonchev–Trinajstić information content (AvgIpc) is 2.50. The molecule has 0 aliphatic rings. The molecular weight excluding hydrogens is 270 g/mol. The van der Waals surface area contributed by atoms with Gasteiger partial charge in [0.2, 0.25) is 0 Å². The normalized spacial score (nSPS) is 9.81. The summed E-state index contributed by atoms with van der Waals surface area (Å²) in [5.41, 5.74) is 1.48. The van der Waals surface area contributed by atoms with Gasteiger partial charge in [0.25, 0.3) is 0 Å². The van der Waals surface area contributed by atoms with Crippen LogP contribution in [0.2, 0.25) is 0 Å². The lowest BCUT2D eigenvalue weighted by molar-refractivity contribution is 0.168. The highest BCUT2D eigenvalue weighted by Gasteiger charge is 2.02. The van der Waals surface area contributed by atoms with Gasteiger partial charge in [0, 0.05) is 5.69 Å². The van der Waals surface area contributed by atoms with Crippen molar-refractivity contribution >= 4 is 23.3 Å². The third-order valence-corrected chi connectivity index (χ3v) is 2.65. The summed E-state index contributed by atoms with van der Waals surface area (Å²) < 4.78 is 9.88. The maximum Gasteiger partial charge on any atom is 0.411 e. The molecule has 1 aromatic carbocycles. The van der Waals surface area contributed by atoms with Crippen LogP contribution in [0.4, 0.5) is 22.0 Å². The van der Waals surface area contributed by atoms with E-state index in [-0.39, 0.29) is 0 Å². The van der Waals surface area contributed by atoms with Gasteiger partial charge in [-0.2, -0.15) is 0 Å². The summed E-state index contributed by atoms with van der Waals surface area (Å²) >= 11 is 0. The largest absolute Gasteiger partial charge is 0.497 e. The third kappa shape index (κ3) is 4.38. The van der Waals surface area contributed by atoms with E-state index >= 15 is 0 Å². The van der Waals surface area contributed by atoms with Crippen LogP contribution in [0.15, 0.2) is 42.6 Å². The molecule has 0 saturated heterocycles. The number of benzene rings is 1. The van der Waals surface area contributed by atoms with Crippen molar-refractivity contribution in [1.82, 2.24) is 4.98 Å². The Bertz CT molecular complexity index is 582. The maximum absolute atomic E-state index is 11.3. The molecule has 0 aliphatic heterocycles. The molecular formula is C15H17N3O3. The minimum Gasteiger partial charge on any atom is -0.497 e. The Morgan fingerprint density at radius 1 is 1.14 bits per heavy atom. The zero-order chi connectivity index (χ0) is 15.1. The predicted molar refractivity (Wildman–Crippen MR) is 81.2 cm³/mol. The molecule has 1 heterocycles. The number of methoxy groups -OCH3 is 1. The summed E-state index contributed by atoms with van der Waals surface area (Å²) in [6.07, 6.45) is 1.07. The molecule has 0 aliphatic carbocycles. The Morgan fingerprint density at radius 2 is 1.86 bits per heavy atom. The molecule has 0 spiro atoms. The first-order valence-corrected chi connectivity index (χ1v) is 6.52. The fourth-order valence-corrected chi connectivity index (χ4v) is 1.65. The minimum atomic E-state index is -0.491. The van der Waals surface area contributed by atoms with Gasteiger partial charge in [-0.3, -0.25) is 5.32 Å². The minimum absolute atomic E-state index is 0.330. The lowest BCUT2D eigenvalue weighted by Crippen LogP contribution is -2.13. The van der Waals surface area contributed by atoms with Crippen molar-refractivity contribution < 1.29 is 14.3 Å². The molecule has 0 saturated carbocycles. The highest BCUT2D eigenvalue weighted by Crippen LogP contribution is 2.19. The molecule has 0 radical (unpaired) electrons. The molecule has 0 atom stereocenters. The number of rotatable bonds is 5. The fourth-order valence-electron chi connectivity index (χ4n) is 1.65. The number of hydrogen-bond donors (Lipinski definition) is 2. The van der Waals surface area contributed by atoms with E-state index in [2.05, 4.69) is 15.6 Å². The van der Waals surface area contributed by atoms with E-state index in [1.807, 2.05) is 24.3 Å². The molecule has 0 unspecified atom stereocenters. The molecule has 110 valence electrons. The van der Waals surface area contributed by atoms with E-state index in [1.165, 1.54) is 0 Å². The molecule has 2 rings (SSSR count). The summed E-state index contributed by atoms with van der Waals surface area (Å²) in [7, 11) is 1.62. The van der Waals surface area contributed by atoms with Gasteiger partial charge in [-0.1, -0.05) is 0 Å². The Balaban J connectivity index is 1.96. The Labute approximate surface area is 123 Å². The zero-order valence-corrected chi connectivity index (χ0v) is 11.9. The second-order valence-corrected chi connectivity index (χ2v) is 4.13. The number of hydrogen-bond acceptors (Lipinski definition) is 5. The lowest BCUT2D eigenvalue weighted by Gasteiger charge is -2.08. The molecule has 2 aromatic rings. The second kappa shape index (κ2) is 7.14. The summed E-state index contributed by atoms with van der Waals surface area (Å²) in [4.78, 5) is 15.5. The van der Waals surface area contributed by atoms with Crippen LogP contribution >= 0.6 is 0 Å². The average molecular weight is 287 g/mol. The van der Waals surface area contributed by atoms with E-state index in [9.17, 15) is 4.79 Å². The van der Waals surface area contributed by atoms with Crippen molar-refractivity contribution in [3.8, 4) is 5.75 Å². The van der Waals surface area contributed by atoms with Crippen molar-refractivity contribution in [1.29, 1.82) is 0 Å². The van der Waals surface area contributed by atoms with Gasteiger partial charge in [0.15, 0.2) is 0 Å². The first-order valence-electron chi connectivity index (χ1n) is 6.52. The van der Waals surface area contributed by atoms with Gasteiger partial charge in [-0.15, -0.1) is 0 Å². The number of ether oxygens (including phenoxy) is 2. The number of pyridine rings is 1. The lowest BCUT2D eigenvalue weighted by atomic mass is 10.3. The molecule has 0 fully saturated rings. The van der Waals surface area contributed by atoms with Crippen LogP contribution in [0.5, 0.6) is 5.75 Å². The number of amides is 1. The van der Waals surface area contributed by atoms with Gasteiger partial charge in [0.1, 0.15) is 11.6 Å². The SMILES string of the molecule is CCOC(=O)Nc1ccc(Nc2ccc(OC)cc2)nc1. The van der Waals surface area contributed by atoms with Crippen LogP contribution in [0.3, 0.4) is 0 Å². The van der Waals surface area contributed by atoms with Crippen molar-refractivity contribution in [2.75, 3.05) is 24.4 Å². The van der Waals surface area contributed by atoms with Crippen LogP contribution in [-0.2, 0) is 4.74 Å². The summed E-state index contributed by atoms with van der Waals surface area (Å²) in [6.45, 7) is 2.08. The number of nitrogens with one attached hydrogen (secondary N) is 2. The summed E-state index contributed by atoms with van der Waals surface area (Å²) in [5, 5.41) is 5.73. The van der Waals surface area contributed by atoms with Crippen LogP contribution in [-0.4, -0.2) is 24.8 Å². The number of carbonyl (C=O) groups is 1. The van der Waals surface area contributed by atoms with E-state index in [0.717, 1.165) is 11.4 Å². The third-order valence-electron chi connectivity index (χ3n) is 2.65. The monoisotopic (exact) mass is 287 g/mol. The number of aromatic nitrogens is 1. The van der Waals surface area contributed by atoms with Crippen molar-refractivity contribution in [3.05, 3.63) is 42.6 Å². The Morgan fingerprint density at radius 3 is 2.43 bits per heavy atom. The highest BCUT2D eigenvalue weighted by molar-refractivity contribution is 5.84. The Kier molecular flexibility index (Phi) is 4.98. The highest BCUT2D eigenvalue weighted by atomic mass is 16.5. The summed E-state index contributed by atoms with van der Waals surface area (Å²) in [6, 6.07) is 11.0. The van der Waals surface area contributed by atoms with Gasteiger partial charge in [0.05, 0.1) is 25.6 Å². The van der Waals surface area contributed by atoms with Crippen molar-refractivity contribution in [2.45, 2.75) is 6.92 Å². The smallest absolute Gasteiger partial charge is 0.411 e.